The molecule has 4 heteroatoms. The number of ether oxygens (including phenoxy) is 1. The summed E-state index contributed by atoms with van der Waals surface area (Å²) in [6.07, 6.45) is 0. The number of nitrogen functional groups attached to an aromatic ring is 1. The zero-order chi connectivity index (χ0) is 8.43. The van der Waals surface area contributed by atoms with Crippen molar-refractivity contribution in [3.63, 3.8) is 0 Å². The SMILES string of the molecule is COc1ccc(F)c(N)c1Br. The molecule has 1 aromatic rings. The molecule has 1 aromatic carbocycles. The summed E-state index contributed by atoms with van der Waals surface area (Å²) in [6, 6.07) is 2.77. The van der Waals surface area contributed by atoms with Gasteiger partial charge in [-0.1, -0.05) is 0 Å². The molecule has 2 N–H and O–H groups in total. The molecule has 60 valence electrons. The van der Waals surface area contributed by atoms with Gasteiger partial charge in [0.1, 0.15) is 11.6 Å². The number of rotatable bonds is 1. The van der Waals surface area contributed by atoms with E-state index in [1.807, 2.05) is 0 Å². The summed E-state index contributed by atoms with van der Waals surface area (Å²) in [5.41, 5.74) is 5.43. The predicted molar refractivity (Wildman–Crippen MR) is 45.1 cm³/mol. The van der Waals surface area contributed by atoms with Crippen LogP contribution in [0.2, 0.25) is 0 Å². The van der Waals surface area contributed by atoms with Gasteiger partial charge in [0.2, 0.25) is 0 Å². The zero-order valence-corrected chi connectivity index (χ0v) is 7.48. The average Bonchev–Trinajstić information content (AvgIpc) is 2.01. The molecule has 0 heterocycles. The minimum Gasteiger partial charge on any atom is -0.495 e. The maximum absolute atomic E-state index is 12.7. The molecule has 0 unspecified atom stereocenters. The van der Waals surface area contributed by atoms with Gasteiger partial charge in [-0.2, -0.15) is 0 Å². The van der Waals surface area contributed by atoms with E-state index in [2.05, 4.69) is 15.9 Å². The third kappa shape index (κ3) is 1.45. The van der Waals surface area contributed by atoms with Crippen LogP contribution >= 0.6 is 15.9 Å². The lowest BCUT2D eigenvalue weighted by molar-refractivity contribution is 0.411. The molecule has 0 bridgehead atoms. The molecule has 0 atom stereocenters. The summed E-state index contributed by atoms with van der Waals surface area (Å²) in [7, 11) is 1.50. The normalized spacial score (nSPS) is 9.73. The Kier molecular flexibility index (Phi) is 2.34. The lowest BCUT2D eigenvalue weighted by Gasteiger charge is -2.05. The standard InChI is InChI=1S/C7H7BrFNO/c1-11-5-3-2-4(9)7(10)6(5)8/h2-3H,10H2,1H3. The van der Waals surface area contributed by atoms with E-state index >= 15 is 0 Å². The summed E-state index contributed by atoms with van der Waals surface area (Å²) < 4.78 is 18.0. The van der Waals surface area contributed by atoms with Crippen LogP contribution < -0.4 is 10.5 Å². The van der Waals surface area contributed by atoms with Crippen molar-refractivity contribution < 1.29 is 9.13 Å². The van der Waals surface area contributed by atoms with Crippen molar-refractivity contribution in [2.24, 2.45) is 0 Å². The molecule has 1 rings (SSSR count). The van der Waals surface area contributed by atoms with Crippen LogP contribution in [-0.2, 0) is 0 Å². The third-order valence-electron chi connectivity index (χ3n) is 1.31. The topological polar surface area (TPSA) is 35.2 Å². The van der Waals surface area contributed by atoms with Gasteiger partial charge in [-0.3, -0.25) is 0 Å². The van der Waals surface area contributed by atoms with Crippen molar-refractivity contribution in [1.82, 2.24) is 0 Å². The maximum atomic E-state index is 12.7. The molecule has 0 aromatic heterocycles. The quantitative estimate of drug-likeness (QED) is 0.736. The fraction of sp³-hybridized carbons (Fsp3) is 0.143. The van der Waals surface area contributed by atoms with Gasteiger partial charge in [0.15, 0.2) is 0 Å². The number of nitrogens with two attached hydrogens (primary N) is 1. The van der Waals surface area contributed by atoms with Crippen LogP contribution in [0.3, 0.4) is 0 Å². The number of methoxy groups -OCH3 is 1. The van der Waals surface area contributed by atoms with Crippen molar-refractivity contribution in [3.05, 3.63) is 22.4 Å². The second kappa shape index (κ2) is 3.09. The zero-order valence-electron chi connectivity index (χ0n) is 5.90. The Labute approximate surface area is 72.3 Å². The molecule has 0 aliphatic carbocycles. The molecular formula is C7H7BrFNO. The predicted octanol–water partition coefficient (Wildman–Crippen LogP) is 2.18. The van der Waals surface area contributed by atoms with E-state index in [1.54, 1.807) is 0 Å². The first-order valence-corrected chi connectivity index (χ1v) is 3.73. The van der Waals surface area contributed by atoms with Gasteiger partial charge in [0, 0.05) is 0 Å². The molecule has 11 heavy (non-hydrogen) atoms. The highest BCUT2D eigenvalue weighted by atomic mass is 79.9. The molecule has 0 aliphatic heterocycles. The number of benzene rings is 1. The van der Waals surface area contributed by atoms with Crippen LogP contribution in [-0.4, -0.2) is 7.11 Å². The van der Waals surface area contributed by atoms with E-state index in [4.69, 9.17) is 10.5 Å². The first-order valence-electron chi connectivity index (χ1n) is 2.94. The Morgan fingerprint density at radius 3 is 2.73 bits per heavy atom. The van der Waals surface area contributed by atoms with Crippen LogP contribution in [0, 0.1) is 5.82 Å². The minimum absolute atomic E-state index is 0.0735. The second-order valence-electron chi connectivity index (χ2n) is 1.98. The number of hydrogen-bond donors (Lipinski definition) is 1. The van der Waals surface area contributed by atoms with Crippen LogP contribution in [0.4, 0.5) is 10.1 Å². The molecular weight excluding hydrogens is 213 g/mol. The maximum Gasteiger partial charge on any atom is 0.147 e. The van der Waals surface area contributed by atoms with E-state index in [0.29, 0.717) is 10.2 Å². The van der Waals surface area contributed by atoms with Crippen molar-refractivity contribution in [1.29, 1.82) is 0 Å². The largest absolute Gasteiger partial charge is 0.495 e. The van der Waals surface area contributed by atoms with Gasteiger partial charge in [-0.25, -0.2) is 4.39 Å². The Morgan fingerprint density at radius 1 is 1.55 bits per heavy atom. The molecule has 0 fully saturated rings. The van der Waals surface area contributed by atoms with E-state index < -0.39 is 5.82 Å². The fourth-order valence-corrected chi connectivity index (χ4v) is 1.19. The molecule has 0 saturated heterocycles. The van der Waals surface area contributed by atoms with E-state index in [9.17, 15) is 4.39 Å². The highest BCUT2D eigenvalue weighted by molar-refractivity contribution is 9.10. The third-order valence-corrected chi connectivity index (χ3v) is 2.13. The first-order chi connectivity index (χ1) is 5.16. The minimum atomic E-state index is -0.447. The smallest absolute Gasteiger partial charge is 0.147 e. The van der Waals surface area contributed by atoms with E-state index in [-0.39, 0.29) is 5.69 Å². The Hall–Kier alpha value is -0.770. The van der Waals surface area contributed by atoms with Gasteiger partial charge in [-0.15, -0.1) is 0 Å². The Morgan fingerprint density at radius 2 is 2.18 bits per heavy atom. The summed E-state index contributed by atoms with van der Waals surface area (Å²) in [5.74, 6) is 0.0848. The summed E-state index contributed by atoms with van der Waals surface area (Å²) in [5, 5.41) is 0. The monoisotopic (exact) mass is 219 g/mol. The van der Waals surface area contributed by atoms with E-state index in [1.165, 1.54) is 19.2 Å². The van der Waals surface area contributed by atoms with Gasteiger partial charge in [-0.05, 0) is 28.1 Å². The highest BCUT2D eigenvalue weighted by Gasteiger charge is 2.07. The van der Waals surface area contributed by atoms with Crippen molar-refractivity contribution in [2.75, 3.05) is 12.8 Å². The fourth-order valence-electron chi connectivity index (χ4n) is 0.707. The molecule has 0 spiro atoms. The Bertz CT molecular complexity index is 277. The Balaban J connectivity index is 3.25. The number of hydrogen-bond acceptors (Lipinski definition) is 2. The lowest BCUT2D eigenvalue weighted by Crippen LogP contribution is -1.94. The summed E-state index contributed by atoms with van der Waals surface area (Å²) in [4.78, 5) is 0. The average molecular weight is 220 g/mol. The lowest BCUT2D eigenvalue weighted by atomic mass is 10.3. The molecule has 2 nitrogen and oxygen atoms in total. The van der Waals surface area contributed by atoms with Crippen LogP contribution in [0.1, 0.15) is 0 Å². The first kappa shape index (κ1) is 8.33. The van der Waals surface area contributed by atoms with Crippen LogP contribution in [0.5, 0.6) is 5.75 Å². The van der Waals surface area contributed by atoms with Gasteiger partial charge >= 0.3 is 0 Å². The molecule has 0 radical (unpaired) electrons. The van der Waals surface area contributed by atoms with E-state index in [0.717, 1.165) is 0 Å². The van der Waals surface area contributed by atoms with Crippen molar-refractivity contribution >= 4 is 21.6 Å². The highest BCUT2D eigenvalue weighted by Crippen LogP contribution is 2.31. The molecule has 0 saturated carbocycles. The molecule has 0 amide bonds. The number of halogens is 2. The van der Waals surface area contributed by atoms with Gasteiger partial charge in [0.05, 0.1) is 17.3 Å². The van der Waals surface area contributed by atoms with Gasteiger partial charge < -0.3 is 10.5 Å². The van der Waals surface area contributed by atoms with Crippen molar-refractivity contribution in [3.8, 4) is 5.75 Å². The number of anilines is 1. The summed E-state index contributed by atoms with van der Waals surface area (Å²) >= 11 is 3.10. The van der Waals surface area contributed by atoms with Crippen molar-refractivity contribution in [2.45, 2.75) is 0 Å². The van der Waals surface area contributed by atoms with Crippen LogP contribution in [0.15, 0.2) is 16.6 Å². The molecule has 0 aliphatic rings. The summed E-state index contributed by atoms with van der Waals surface area (Å²) in [6.45, 7) is 0. The second-order valence-corrected chi connectivity index (χ2v) is 2.77. The van der Waals surface area contributed by atoms with Gasteiger partial charge in [0.25, 0.3) is 0 Å². The van der Waals surface area contributed by atoms with Crippen LogP contribution in [0.25, 0.3) is 0 Å².